The van der Waals surface area contributed by atoms with Crippen molar-refractivity contribution in [3.63, 3.8) is 0 Å². The second kappa shape index (κ2) is 8.48. The summed E-state index contributed by atoms with van der Waals surface area (Å²) in [4.78, 5) is 41.5. The lowest BCUT2D eigenvalue weighted by Gasteiger charge is -2.32. The molecule has 0 bridgehead atoms. The first kappa shape index (κ1) is 21.9. The van der Waals surface area contributed by atoms with Gasteiger partial charge < -0.3 is 15.0 Å². The number of amides is 4. The fourth-order valence-electron chi connectivity index (χ4n) is 4.96. The highest BCUT2D eigenvalue weighted by Crippen LogP contribution is 2.33. The smallest absolute Gasteiger partial charge is 0.325 e. The predicted molar refractivity (Wildman–Crippen MR) is 128 cm³/mol. The minimum absolute atomic E-state index is 0.269. The molecule has 3 aromatic rings. The highest BCUT2D eigenvalue weighted by atomic mass is 16.5. The number of nitrogens with zero attached hydrogens (tertiary/aromatic N) is 2. The lowest BCUT2D eigenvalue weighted by Crippen LogP contribution is -2.51. The van der Waals surface area contributed by atoms with E-state index in [0.717, 1.165) is 39.0 Å². The van der Waals surface area contributed by atoms with Crippen LogP contribution in [0.3, 0.4) is 0 Å². The van der Waals surface area contributed by atoms with Crippen molar-refractivity contribution >= 4 is 28.6 Å². The van der Waals surface area contributed by atoms with Crippen molar-refractivity contribution in [3.05, 3.63) is 77.4 Å². The second-order valence-corrected chi connectivity index (χ2v) is 9.15. The zero-order valence-electron chi connectivity index (χ0n) is 19.3. The molecule has 4 amide bonds. The largest absolute Gasteiger partial charge is 0.497 e. The number of aryl methyl sites for hydroxylation is 1. The molecule has 1 heterocycles. The molecule has 0 aromatic heterocycles. The maximum Gasteiger partial charge on any atom is 0.325 e. The van der Waals surface area contributed by atoms with E-state index in [-0.39, 0.29) is 18.4 Å². The SMILES string of the molecule is COc1ccc2cc(CN(C)C(=O)CN3C(=O)NC4(CCc5ccccc5C4)C3=O)ccc2c1. The molecule has 7 nitrogen and oxygen atoms in total. The number of rotatable bonds is 5. The Kier molecular flexibility index (Phi) is 5.48. The third-order valence-corrected chi connectivity index (χ3v) is 6.93. The van der Waals surface area contributed by atoms with Crippen LogP contribution in [0.1, 0.15) is 23.1 Å². The quantitative estimate of drug-likeness (QED) is 0.597. The van der Waals surface area contributed by atoms with Gasteiger partial charge in [0.1, 0.15) is 17.8 Å². The Bertz CT molecular complexity index is 1300. The van der Waals surface area contributed by atoms with Crippen LogP contribution in [0.5, 0.6) is 5.75 Å². The topological polar surface area (TPSA) is 79.0 Å². The van der Waals surface area contributed by atoms with Crippen LogP contribution >= 0.6 is 0 Å². The minimum atomic E-state index is -0.955. The van der Waals surface area contributed by atoms with E-state index < -0.39 is 11.6 Å². The molecular formula is C27H27N3O4. The number of benzene rings is 3. The summed E-state index contributed by atoms with van der Waals surface area (Å²) in [6, 6.07) is 19.3. The Morgan fingerprint density at radius 1 is 1.06 bits per heavy atom. The zero-order valence-corrected chi connectivity index (χ0v) is 19.3. The van der Waals surface area contributed by atoms with Gasteiger partial charge in [0.05, 0.1) is 7.11 Å². The number of carbonyl (C=O) groups is 3. The first-order valence-electron chi connectivity index (χ1n) is 11.4. The van der Waals surface area contributed by atoms with Gasteiger partial charge in [-0.1, -0.05) is 42.5 Å². The van der Waals surface area contributed by atoms with Crippen LogP contribution in [0.15, 0.2) is 60.7 Å². The molecule has 1 aliphatic carbocycles. The number of methoxy groups -OCH3 is 1. The van der Waals surface area contributed by atoms with Crippen molar-refractivity contribution < 1.29 is 19.1 Å². The number of urea groups is 1. The number of likely N-dealkylation sites (N-methyl/N-ethyl adjacent to an activating group) is 1. The number of ether oxygens (including phenoxy) is 1. The molecule has 5 rings (SSSR count). The van der Waals surface area contributed by atoms with Gasteiger partial charge >= 0.3 is 6.03 Å². The summed E-state index contributed by atoms with van der Waals surface area (Å²) in [5, 5.41) is 4.99. The standard InChI is InChI=1S/C27H27N3O4/c1-29(16-18-7-8-21-14-23(34-2)10-9-20(21)13-18)24(31)17-30-25(32)27(28-26(30)33)12-11-19-5-3-4-6-22(19)15-27/h3-10,13-14H,11-12,15-17H2,1-2H3,(H,28,33). The number of fused-ring (bicyclic) bond motifs is 2. The van der Waals surface area contributed by atoms with Crippen molar-refractivity contribution in [1.29, 1.82) is 0 Å². The Labute approximate surface area is 198 Å². The van der Waals surface area contributed by atoms with Crippen molar-refractivity contribution in [2.24, 2.45) is 0 Å². The lowest BCUT2D eigenvalue weighted by molar-refractivity contribution is -0.138. The molecule has 3 aromatic carbocycles. The average Bonchev–Trinajstić information content (AvgIpc) is 3.07. The summed E-state index contributed by atoms with van der Waals surface area (Å²) in [7, 11) is 3.32. The number of imide groups is 1. The van der Waals surface area contributed by atoms with Crippen molar-refractivity contribution in [3.8, 4) is 5.75 Å². The summed E-state index contributed by atoms with van der Waals surface area (Å²) in [5.74, 6) is 0.195. The Morgan fingerprint density at radius 2 is 1.79 bits per heavy atom. The van der Waals surface area contributed by atoms with E-state index >= 15 is 0 Å². The average molecular weight is 458 g/mol. The molecular weight excluding hydrogens is 430 g/mol. The van der Waals surface area contributed by atoms with Gasteiger partial charge in [-0.3, -0.25) is 14.5 Å². The Balaban J connectivity index is 1.26. The van der Waals surface area contributed by atoms with Gasteiger partial charge in [-0.05, 0) is 58.5 Å². The molecule has 0 radical (unpaired) electrons. The molecule has 1 unspecified atom stereocenters. The van der Waals surface area contributed by atoms with E-state index in [9.17, 15) is 14.4 Å². The molecule has 1 spiro atoms. The van der Waals surface area contributed by atoms with E-state index in [1.807, 2.05) is 54.6 Å². The number of carbonyl (C=O) groups excluding carboxylic acids is 3. The maximum atomic E-state index is 13.3. The van der Waals surface area contributed by atoms with Gasteiger partial charge in [-0.2, -0.15) is 0 Å². The maximum absolute atomic E-state index is 13.3. The van der Waals surface area contributed by atoms with Crippen LogP contribution in [-0.4, -0.2) is 53.9 Å². The van der Waals surface area contributed by atoms with E-state index in [1.165, 1.54) is 5.56 Å². The van der Waals surface area contributed by atoms with Gasteiger partial charge in [0.15, 0.2) is 0 Å². The molecule has 1 N–H and O–H groups in total. The number of nitrogens with one attached hydrogen (secondary N) is 1. The van der Waals surface area contributed by atoms with E-state index in [1.54, 1.807) is 19.1 Å². The molecule has 1 fully saturated rings. The van der Waals surface area contributed by atoms with E-state index in [4.69, 9.17) is 4.74 Å². The van der Waals surface area contributed by atoms with Crippen molar-refractivity contribution in [2.75, 3.05) is 20.7 Å². The van der Waals surface area contributed by atoms with Crippen LogP contribution in [0.4, 0.5) is 4.79 Å². The third kappa shape index (κ3) is 3.87. The third-order valence-electron chi connectivity index (χ3n) is 6.93. The molecule has 0 saturated carbocycles. The molecule has 7 heteroatoms. The Morgan fingerprint density at radius 3 is 2.59 bits per heavy atom. The fraction of sp³-hybridized carbons (Fsp3) is 0.296. The Hall–Kier alpha value is -3.87. The highest BCUT2D eigenvalue weighted by molar-refractivity contribution is 6.09. The molecule has 1 aliphatic heterocycles. The van der Waals surface area contributed by atoms with Gasteiger partial charge in [-0.15, -0.1) is 0 Å². The van der Waals surface area contributed by atoms with Crippen LogP contribution in [0.2, 0.25) is 0 Å². The van der Waals surface area contributed by atoms with Crippen molar-refractivity contribution in [2.45, 2.75) is 31.3 Å². The van der Waals surface area contributed by atoms with Crippen LogP contribution in [0.25, 0.3) is 10.8 Å². The normalized spacial score (nSPS) is 19.3. The molecule has 34 heavy (non-hydrogen) atoms. The van der Waals surface area contributed by atoms with Gasteiger partial charge in [-0.25, -0.2) is 4.79 Å². The monoisotopic (exact) mass is 457 g/mol. The van der Waals surface area contributed by atoms with E-state index in [0.29, 0.717) is 19.4 Å². The van der Waals surface area contributed by atoms with Crippen molar-refractivity contribution in [1.82, 2.24) is 15.1 Å². The summed E-state index contributed by atoms with van der Waals surface area (Å²) >= 11 is 0. The summed E-state index contributed by atoms with van der Waals surface area (Å²) in [5.41, 5.74) is 2.29. The van der Waals surface area contributed by atoms with Crippen LogP contribution in [-0.2, 0) is 29.0 Å². The molecule has 2 aliphatic rings. The summed E-state index contributed by atoms with van der Waals surface area (Å²) < 4.78 is 5.27. The number of hydrogen-bond acceptors (Lipinski definition) is 4. The number of hydrogen-bond donors (Lipinski definition) is 1. The second-order valence-electron chi connectivity index (χ2n) is 9.15. The first-order chi connectivity index (χ1) is 16.4. The zero-order chi connectivity index (χ0) is 23.9. The van der Waals surface area contributed by atoms with Crippen LogP contribution < -0.4 is 10.1 Å². The molecule has 1 saturated heterocycles. The summed E-state index contributed by atoms with van der Waals surface area (Å²) in [6.07, 6.45) is 1.71. The van der Waals surface area contributed by atoms with Crippen LogP contribution in [0, 0.1) is 0 Å². The first-order valence-corrected chi connectivity index (χ1v) is 11.4. The minimum Gasteiger partial charge on any atom is -0.497 e. The van der Waals surface area contributed by atoms with Gasteiger partial charge in [0.2, 0.25) is 5.91 Å². The lowest BCUT2D eigenvalue weighted by atomic mass is 9.78. The van der Waals surface area contributed by atoms with Gasteiger partial charge in [0, 0.05) is 20.0 Å². The molecule has 174 valence electrons. The molecule has 1 atom stereocenters. The van der Waals surface area contributed by atoms with E-state index in [2.05, 4.69) is 11.4 Å². The highest BCUT2D eigenvalue weighted by Gasteiger charge is 2.52. The fourth-order valence-corrected chi connectivity index (χ4v) is 4.96. The van der Waals surface area contributed by atoms with Gasteiger partial charge in [0.25, 0.3) is 5.91 Å². The predicted octanol–water partition coefficient (Wildman–Crippen LogP) is 3.29. The summed E-state index contributed by atoms with van der Waals surface area (Å²) in [6.45, 7) is 0.109.